The number of hydrogen-bond acceptors (Lipinski definition) is 3. The Morgan fingerprint density at radius 3 is 2.67 bits per heavy atom. The maximum Gasteiger partial charge on any atom is 0.119 e. The van der Waals surface area contributed by atoms with Gasteiger partial charge < -0.3 is 14.7 Å². The molecule has 1 aliphatic rings. The van der Waals surface area contributed by atoms with Crippen LogP contribution in [-0.2, 0) is 0 Å². The minimum Gasteiger partial charge on any atom is -0.493 e. The lowest BCUT2D eigenvalue weighted by molar-refractivity contribution is 0.120. The van der Waals surface area contributed by atoms with E-state index in [1.807, 2.05) is 24.3 Å². The van der Waals surface area contributed by atoms with Gasteiger partial charge in [-0.1, -0.05) is 17.7 Å². The summed E-state index contributed by atoms with van der Waals surface area (Å²) in [6, 6.07) is 8.08. The molecule has 2 atom stereocenters. The molecule has 100 valence electrons. The standard InChI is InChI=1S/C15H23NO2/c1-12-3-5-15(6-4-12)18-11-14(10-17)13-7-8-16(2)9-13/h3-6,13-14,17H,7-11H2,1-2H3. The van der Waals surface area contributed by atoms with Crippen molar-refractivity contribution in [1.29, 1.82) is 0 Å². The molecule has 2 unspecified atom stereocenters. The van der Waals surface area contributed by atoms with E-state index in [9.17, 15) is 5.11 Å². The quantitative estimate of drug-likeness (QED) is 0.865. The van der Waals surface area contributed by atoms with Gasteiger partial charge in [0.25, 0.3) is 0 Å². The predicted molar refractivity (Wildman–Crippen MR) is 72.9 cm³/mol. The Hall–Kier alpha value is -1.06. The van der Waals surface area contributed by atoms with E-state index >= 15 is 0 Å². The van der Waals surface area contributed by atoms with Gasteiger partial charge in [-0.3, -0.25) is 0 Å². The molecule has 1 fully saturated rings. The first-order chi connectivity index (χ1) is 8.69. The second kappa shape index (κ2) is 6.21. The fourth-order valence-electron chi connectivity index (χ4n) is 2.53. The van der Waals surface area contributed by atoms with Gasteiger partial charge in [0.15, 0.2) is 0 Å². The minimum absolute atomic E-state index is 0.213. The van der Waals surface area contributed by atoms with Crippen LogP contribution in [0.3, 0.4) is 0 Å². The van der Waals surface area contributed by atoms with Crippen LogP contribution in [-0.4, -0.2) is 43.4 Å². The number of hydrogen-bond donors (Lipinski definition) is 1. The van der Waals surface area contributed by atoms with Gasteiger partial charge in [0, 0.05) is 19.1 Å². The van der Waals surface area contributed by atoms with Crippen molar-refractivity contribution in [3.8, 4) is 5.75 Å². The van der Waals surface area contributed by atoms with E-state index in [2.05, 4.69) is 18.9 Å². The topological polar surface area (TPSA) is 32.7 Å². The summed E-state index contributed by atoms with van der Waals surface area (Å²) in [6.45, 7) is 5.09. The van der Waals surface area contributed by atoms with Crippen molar-refractivity contribution >= 4 is 0 Å². The summed E-state index contributed by atoms with van der Waals surface area (Å²) in [7, 11) is 2.13. The molecular weight excluding hydrogens is 226 g/mol. The number of likely N-dealkylation sites (tertiary alicyclic amines) is 1. The summed E-state index contributed by atoms with van der Waals surface area (Å²) in [5.41, 5.74) is 1.23. The van der Waals surface area contributed by atoms with Gasteiger partial charge in [0.2, 0.25) is 0 Å². The third-order valence-electron chi connectivity index (χ3n) is 3.81. The lowest BCUT2D eigenvalue weighted by atomic mass is 9.93. The van der Waals surface area contributed by atoms with Crippen molar-refractivity contribution < 1.29 is 9.84 Å². The van der Waals surface area contributed by atoms with Crippen LogP contribution >= 0.6 is 0 Å². The molecule has 1 aromatic carbocycles. The lowest BCUT2D eigenvalue weighted by Gasteiger charge is -2.21. The van der Waals surface area contributed by atoms with Crippen molar-refractivity contribution in [2.45, 2.75) is 13.3 Å². The van der Waals surface area contributed by atoms with Gasteiger partial charge in [-0.2, -0.15) is 0 Å². The zero-order chi connectivity index (χ0) is 13.0. The number of nitrogens with zero attached hydrogens (tertiary/aromatic N) is 1. The van der Waals surface area contributed by atoms with Gasteiger partial charge in [0.05, 0.1) is 6.61 Å². The molecule has 1 heterocycles. The summed E-state index contributed by atoms with van der Waals surface area (Å²) in [6.07, 6.45) is 1.17. The molecule has 0 bridgehead atoms. The summed E-state index contributed by atoms with van der Waals surface area (Å²) in [4.78, 5) is 2.32. The summed E-state index contributed by atoms with van der Waals surface area (Å²) < 4.78 is 5.78. The van der Waals surface area contributed by atoms with Gasteiger partial charge in [-0.25, -0.2) is 0 Å². The number of aliphatic hydroxyl groups excluding tert-OH is 1. The normalized spacial score (nSPS) is 22.1. The number of ether oxygens (including phenoxy) is 1. The van der Waals surface area contributed by atoms with Crippen molar-refractivity contribution in [2.75, 3.05) is 33.4 Å². The van der Waals surface area contributed by atoms with Crippen LogP contribution in [0.15, 0.2) is 24.3 Å². The summed E-state index contributed by atoms with van der Waals surface area (Å²) >= 11 is 0. The van der Waals surface area contributed by atoms with Crippen molar-refractivity contribution in [2.24, 2.45) is 11.8 Å². The highest BCUT2D eigenvalue weighted by atomic mass is 16.5. The van der Waals surface area contributed by atoms with E-state index in [4.69, 9.17) is 4.74 Å². The van der Waals surface area contributed by atoms with Crippen molar-refractivity contribution in [3.05, 3.63) is 29.8 Å². The first kappa shape index (κ1) is 13.4. The average Bonchev–Trinajstić information content (AvgIpc) is 2.79. The molecule has 0 aromatic heterocycles. The highest BCUT2D eigenvalue weighted by molar-refractivity contribution is 5.26. The molecule has 3 heteroatoms. The largest absolute Gasteiger partial charge is 0.493 e. The molecule has 0 radical (unpaired) electrons. The third-order valence-corrected chi connectivity index (χ3v) is 3.81. The highest BCUT2D eigenvalue weighted by Crippen LogP contribution is 2.24. The Labute approximate surface area is 109 Å². The van der Waals surface area contributed by atoms with Gasteiger partial charge >= 0.3 is 0 Å². The molecule has 0 saturated carbocycles. The zero-order valence-corrected chi connectivity index (χ0v) is 11.3. The zero-order valence-electron chi connectivity index (χ0n) is 11.3. The Bertz CT molecular complexity index is 363. The number of aryl methyl sites for hydroxylation is 1. The van der Waals surface area contributed by atoms with E-state index in [-0.39, 0.29) is 12.5 Å². The third kappa shape index (κ3) is 3.47. The smallest absolute Gasteiger partial charge is 0.119 e. The molecule has 1 aliphatic heterocycles. The predicted octanol–water partition coefficient (Wildman–Crippen LogP) is 1.93. The van der Waals surface area contributed by atoms with Crippen LogP contribution in [0.4, 0.5) is 0 Å². The van der Waals surface area contributed by atoms with E-state index in [0.717, 1.165) is 18.8 Å². The first-order valence-electron chi connectivity index (χ1n) is 6.68. The second-order valence-corrected chi connectivity index (χ2v) is 5.38. The molecule has 0 aliphatic carbocycles. The molecule has 2 rings (SSSR count). The molecular formula is C15H23NO2. The molecule has 1 aromatic rings. The molecule has 0 amide bonds. The van der Waals surface area contributed by atoms with Crippen LogP contribution in [0.25, 0.3) is 0 Å². The van der Waals surface area contributed by atoms with E-state index in [1.54, 1.807) is 0 Å². The Morgan fingerprint density at radius 2 is 2.11 bits per heavy atom. The van der Waals surface area contributed by atoms with Crippen LogP contribution in [0.5, 0.6) is 5.75 Å². The van der Waals surface area contributed by atoms with E-state index < -0.39 is 0 Å². The maximum atomic E-state index is 9.50. The van der Waals surface area contributed by atoms with Crippen molar-refractivity contribution in [3.63, 3.8) is 0 Å². The molecule has 18 heavy (non-hydrogen) atoms. The summed E-state index contributed by atoms with van der Waals surface area (Å²) in [5.74, 6) is 1.70. The molecule has 1 N–H and O–H groups in total. The summed E-state index contributed by atoms with van der Waals surface area (Å²) in [5, 5.41) is 9.50. The maximum absolute atomic E-state index is 9.50. The van der Waals surface area contributed by atoms with Gasteiger partial charge in [-0.05, 0) is 45.0 Å². The lowest BCUT2D eigenvalue weighted by Crippen LogP contribution is -2.27. The number of benzene rings is 1. The van der Waals surface area contributed by atoms with Crippen LogP contribution in [0.1, 0.15) is 12.0 Å². The number of aliphatic hydroxyl groups is 1. The second-order valence-electron chi connectivity index (χ2n) is 5.38. The van der Waals surface area contributed by atoms with E-state index in [0.29, 0.717) is 12.5 Å². The number of rotatable bonds is 5. The SMILES string of the molecule is Cc1ccc(OCC(CO)C2CCN(C)C2)cc1. The first-order valence-corrected chi connectivity index (χ1v) is 6.68. The Morgan fingerprint density at radius 1 is 1.39 bits per heavy atom. The minimum atomic E-state index is 0.213. The van der Waals surface area contributed by atoms with Crippen LogP contribution in [0.2, 0.25) is 0 Å². The molecule has 1 saturated heterocycles. The highest BCUT2D eigenvalue weighted by Gasteiger charge is 2.27. The average molecular weight is 249 g/mol. The Balaban J connectivity index is 1.85. The fourth-order valence-corrected chi connectivity index (χ4v) is 2.53. The van der Waals surface area contributed by atoms with Gasteiger partial charge in [0.1, 0.15) is 5.75 Å². The Kier molecular flexibility index (Phi) is 4.61. The monoisotopic (exact) mass is 249 g/mol. The van der Waals surface area contributed by atoms with E-state index in [1.165, 1.54) is 12.0 Å². The molecule has 3 nitrogen and oxygen atoms in total. The fraction of sp³-hybridized carbons (Fsp3) is 0.600. The van der Waals surface area contributed by atoms with Gasteiger partial charge in [-0.15, -0.1) is 0 Å². The molecule has 0 spiro atoms. The van der Waals surface area contributed by atoms with Crippen LogP contribution in [0, 0.1) is 18.8 Å². The van der Waals surface area contributed by atoms with Crippen molar-refractivity contribution in [1.82, 2.24) is 4.90 Å². The van der Waals surface area contributed by atoms with Crippen LogP contribution < -0.4 is 4.74 Å².